The zero-order valence-corrected chi connectivity index (χ0v) is 14.1. The summed E-state index contributed by atoms with van der Waals surface area (Å²) in [4.78, 5) is 2.72. The van der Waals surface area contributed by atoms with Gasteiger partial charge in [-0.05, 0) is 56.7 Å². The van der Waals surface area contributed by atoms with E-state index in [1.54, 1.807) is 0 Å². The highest BCUT2D eigenvalue weighted by molar-refractivity contribution is 5.37. The van der Waals surface area contributed by atoms with Crippen LogP contribution >= 0.6 is 0 Å². The van der Waals surface area contributed by atoms with Gasteiger partial charge < -0.3 is 5.73 Å². The van der Waals surface area contributed by atoms with Gasteiger partial charge in [-0.15, -0.1) is 0 Å². The molecule has 2 rings (SSSR count). The van der Waals surface area contributed by atoms with E-state index < -0.39 is 0 Å². The molecular weight excluding hydrogens is 256 g/mol. The second-order valence-corrected chi connectivity index (χ2v) is 6.55. The number of fused-ring (bicyclic) bond motifs is 1. The van der Waals surface area contributed by atoms with Crippen molar-refractivity contribution >= 4 is 0 Å². The molecule has 1 aromatic carbocycles. The van der Waals surface area contributed by atoms with Crippen molar-refractivity contribution in [3.63, 3.8) is 0 Å². The topological polar surface area (TPSA) is 29.3 Å². The standard InChI is InChI=1S/C19H32N2/c1-4-6-14-21(16(3)5-2)19(15-20)13-9-11-17-10-7-8-12-18(17)19/h7-8,10,12,16H,4-6,9,11,13-15,20H2,1-3H3. The van der Waals surface area contributed by atoms with Gasteiger partial charge in [0.1, 0.15) is 0 Å². The maximum absolute atomic E-state index is 6.38. The number of hydrogen-bond acceptors (Lipinski definition) is 2. The quantitative estimate of drug-likeness (QED) is 0.819. The highest BCUT2D eigenvalue weighted by Gasteiger charge is 2.41. The largest absolute Gasteiger partial charge is 0.328 e. The molecule has 2 heteroatoms. The van der Waals surface area contributed by atoms with Crippen LogP contribution in [0.15, 0.2) is 24.3 Å². The maximum Gasteiger partial charge on any atom is 0.0588 e. The minimum atomic E-state index is 0.0550. The number of hydrogen-bond donors (Lipinski definition) is 1. The first kappa shape index (κ1) is 16.5. The monoisotopic (exact) mass is 288 g/mol. The molecule has 0 saturated carbocycles. The van der Waals surface area contributed by atoms with Crippen LogP contribution in [-0.4, -0.2) is 24.0 Å². The Kier molecular flexibility index (Phi) is 5.83. The molecule has 0 amide bonds. The van der Waals surface area contributed by atoms with Crippen LogP contribution in [-0.2, 0) is 12.0 Å². The highest BCUT2D eigenvalue weighted by Crippen LogP contribution is 2.41. The Labute approximate surface area is 130 Å². The molecule has 21 heavy (non-hydrogen) atoms. The van der Waals surface area contributed by atoms with Crippen molar-refractivity contribution < 1.29 is 0 Å². The molecule has 0 spiro atoms. The minimum Gasteiger partial charge on any atom is -0.328 e. The molecule has 118 valence electrons. The van der Waals surface area contributed by atoms with Crippen LogP contribution in [0.1, 0.15) is 64.0 Å². The summed E-state index contributed by atoms with van der Waals surface area (Å²) >= 11 is 0. The second kappa shape index (κ2) is 7.42. The summed E-state index contributed by atoms with van der Waals surface area (Å²) in [5, 5.41) is 0. The lowest BCUT2D eigenvalue weighted by Crippen LogP contribution is -2.56. The Morgan fingerprint density at radius 1 is 1.29 bits per heavy atom. The third-order valence-electron chi connectivity index (χ3n) is 5.32. The molecule has 0 aromatic heterocycles. The van der Waals surface area contributed by atoms with Crippen LogP contribution in [0.5, 0.6) is 0 Å². The van der Waals surface area contributed by atoms with Gasteiger partial charge in [0.05, 0.1) is 5.54 Å². The lowest BCUT2D eigenvalue weighted by atomic mass is 9.74. The van der Waals surface area contributed by atoms with E-state index in [4.69, 9.17) is 5.73 Å². The fourth-order valence-electron chi connectivity index (χ4n) is 3.93. The van der Waals surface area contributed by atoms with E-state index >= 15 is 0 Å². The van der Waals surface area contributed by atoms with Crippen molar-refractivity contribution in [1.82, 2.24) is 4.90 Å². The minimum absolute atomic E-state index is 0.0550. The molecular formula is C19H32N2. The average molecular weight is 288 g/mol. The first-order valence-corrected chi connectivity index (χ1v) is 8.74. The Morgan fingerprint density at radius 3 is 2.71 bits per heavy atom. The molecule has 0 heterocycles. The van der Waals surface area contributed by atoms with Gasteiger partial charge in [-0.25, -0.2) is 0 Å². The highest BCUT2D eigenvalue weighted by atomic mass is 15.2. The maximum atomic E-state index is 6.38. The summed E-state index contributed by atoms with van der Waals surface area (Å²) in [6.45, 7) is 8.83. The van der Waals surface area contributed by atoms with Gasteiger partial charge in [-0.2, -0.15) is 0 Å². The predicted molar refractivity (Wildman–Crippen MR) is 91.5 cm³/mol. The number of unbranched alkanes of at least 4 members (excludes halogenated alkanes) is 1. The van der Waals surface area contributed by atoms with Crippen LogP contribution in [0, 0.1) is 0 Å². The summed E-state index contributed by atoms with van der Waals surface area (Å²) < 4.78 is 0. The van der Waals surface area contributed by atoms with E-state index in [2.05, 4.69) is 49.9 Å². The zero-order chi connectivity index (χ0) is 15.3. The van der Waals surface area contributed by atoms with Crippen LogP contribution < -0.4 is 5.73 Å². The number of nitrogens with two attached hydrogens (primary N) is 1. The van der Waals surface area contributed by atoms with Crippen molar-refractivity contribution in [2.45, 2.75) is 70.9 Å². The van der Waals surface area contributed by atoms with Gasteiger partial charge in [0, 0.05) is 12.6 Å². The molecule has 2 N–H and O–H groups in total. The van der Waals surface area contributed by atoms with E-state index in [1.807, 2.05) is 0 Å². The van der Waals surface area contributed by atoms with Crippen LogP contribution in [0.4, 0.5) is 0 Å². The number of rotatable bonds is 7. The van der Waals surface area contributed by atoms with Gasteiger partial charge in [0.15, 0.2) is 0 Å². The van der Waals surface area contributed by atoms with Crippen molar-refractivity contribution in [3.05, 3.63) is 35.4 Å². The molecule has 0 saturated heterocycles. The first-order chi connectivity index (χ1) is 10.2. The molecule has 2 unspecified atom stereocenters. The third kappa shape index (κ3) is 3.17. The summed E-state index contributed by atoms with van der Waals surface area (Å²) in [7, 11) is 0. The fraction of sp³-hybridized carbons (Fsp3) is 0.684. The van der Waals surface area contributed by atoms with Crippen molar-refractivity contribution in [2.24, 2.45) is 5.73 Å². The van der Waals surface area contributed by atoms with Gasteiger partial charge in [-0.1, -0.05) is 44.5 Å². The summed E-state index contributed by atoms with van der Waals surface area (Å²) in [5.41, 5.74) is 9.44. The first-order valence-electron chi connectivity index (χ1n) is 8.74. The average Bonchev–Trinajstić information content (AvgIpc) is 2.54. The van der Waals surface area contributed by atoms with Crippen molar-refractivity contribution in [3.8, 4) is 0 Å². The van der Waals surface area contributed by atoms with E-state index in [0.29, 0.717) is 6.04 Å². The predicted octanol–water partition coefficient (Wildman–Crippen LogP) is 4.08. The molecule has 1 aromatic rings. The molecule has 0 aliphatic heterocycles. The fourth-order valence-corrected chi connectivity index (χ4v) is 3.93. The molecule has 2 atom stereocenters. The Morgan fingerprint density at radius 2 is 2.05 bits per heavy atom. The van der Waals surface area contributed by atoms with E-state index in [-0.39, 0.29) is 5.54 Å². The lowest BCUT2D eigenvalue weighted by Gasteiger charge is -2.50. The second-order valence-electron chi connectivity index (χ2n) is 6.55. The summed E-state index contributed by atoms with van der Waals surface area (Å²) in [6, 6.07) is 9.57. The molecule has 1 aliphatic rings. The zero-order valence-electron chi connectivity index (χ0n) is 14.1. The SMILES string of the molecule is CCCCN(C(C)CC)C1(CN)CCCc2ccccc21. The summed E-state index contributed by atoms with van der Waals surface area (Å²) in [6.07, 6.45) is 7.36. The van der Waals surface area contributed by atoms with Gasteiger partial charge in [0.25, 0.3) is 0 Å². The van der Waals surface area contributed by atoms with Crippen molar-refractivity contribution in [2.75, 3.05) is 13.1 Å². The molecule has 0 bridgehead atoms. The summed E-state index contributed by atoms with van der Waals surface area (Å²) in [5.74, 6) is 0. The van der Waals surface area contributed by atoms with E-state index in [9.17, 15) is 0 Å². The number of nitrogens with zero attached hydrogens (tertiary/aromatic N) is 1. The normalized spacial score (nSPS) is 23.1. The van der Waals surface area contributed by atoms with Crippen molar-refractivity contribution in [1.29, 1.82) is 0 Å². The number of aryl methyl sites for hydroxylation is 1. The van der Waals surface area contributed by atoms with Crippen LogP contribution in [0.2, 0.25) is 0 Å². The van der Waals surface area contributed by atoms with E-state index in [1.165, 1.54) is 49.7 Å². The third-order valence-corrected chi connectivity index (χ3v) is 5.32. The lowest BCUT2D eigenvalue weighted by molar-refractivity contribution is 0.0337. The Hall–Kier alpha value is -0.860. The molecule has 0 radical (unpaired) electrons. The van der Waals surface area contributed by atoms with Gasteiger partial charge >= 0.3 is 0 Å². The Bertz CT molecular complexity index is 443. The van der Waals surface area contributed by atoms with Gasteiger partial charge in [0.2, 0.25) is 0 Å². The van der Waals surface area contributed by atoms with E-state index in [0.717, 1.165) is 13.1 Å². The van der Waals surface area contributed by atoms with Crippen LogP contribution in [0.3, 0.4) is 0 Å². The smallest absolute Gasteiger partial charge is 0.0588 e. The molecule has 1 aliphatic carbocycles. The molecule has 0 fully saturated rings. The molecule has 2 nitrogen and oxygen atoms in total. The van der Waals surface area contributed by atoms with Gasteiger partial charge in [-0.3, -0.25) is 4.90 Å². The Balaban J connectivity index is 2.43. The number of benzene rings is 1. The van der Waals surface area contributed by atoms with Crippen LogP contribution in [0.25, 0.3) is 0 Å².